The molecule has 2 rings (SSSR count). The molecule has 1 aliphatic rings. The average molecular weight is 250 g/mol. The molecule has 1 aromatic rings. The molecule has 0 saturated carbocycles. The van der Waals surface area contributed by atoms with Crippen molar-refractivity contribution >= 4 is 5.97 Å². The number of carboxylic acids is 1. The maximum absolute atomic E-state index is 11.1. The van der Waals surface area contributed by atoms with Gasteiger partial charge in [-0.15, -0.1) is 0 Å². The zero-order valence-electron chi connectivity index (χ0n) is 10.5. The van der Waals surface area contributed by atoms with Crippen LogP contribution in [0.2, 0.25) is 0 Å². The maximum atomic E-state index is 11.1. The van der Waals surface area contributed by atoms with Crippen LogP contribution in [-0.4, -0.2) is 30.9 Å². The highest BCUT2D eigenvalue weighted by Gasteiger charge is 2.18. The molecule has 0 unspecified atom stereocenters. The van der Waals surface area contributed by atoms with Gasteiger partial charge in [0.25, 0.3) is 0 Å². The van der Waals surface area contributed by atoms with E-state index in [1.165, 1.54) is 0 Å². The lowest BCUT2D eigenvalue weighted by atomic mass is 9.90. The lowest BCUT2D eigenvalue weighted by Crippen LogP contribution is -2.14. The number of carbonyl (C=O) groups is 1. The molecule has 1 fully saturated rings. The Labute approximate surface area is 107 Å². The maximum Gasteiger partial charge on any atom is 0.335 e. The summed E-state index contributed by atoms with van der Waals surface area (Å²) in [5.74, 6) is 0.0982. The standard InChI is InChI=1S/C14H18O4/c1-2-18-13-8-11(7-12(9-13)14(15)16)10-3-5-17-6-4-10/h7-10H,2-6H2,1H3,(H,15,16). The van der Waals surface area contributed by atoms with Crippen molar-refractivity contribution in [2.75, 3.05) is 19.8 Å². The number of hydrogen-bond donors (Lipinski definition) is 1. The molecule has 0 bridgehead atoms. The van der Waals surface area contributed by atoms with Crippen LogP contribution in [0.4, 0.5) is 0 Å². The van der Waals surface area contributed by atoms with Gasteiger partial charge >= 0.3 is 5.97 Å². The predicted octanol–water partition coefficient (Wildman–Crippen LogP) is 2.68. The molecule has 0 spiro atoms. The summed E-state index contributed by atoms with van der Waals surface area (Å²) >= 11 is 0. The van der Waals surface area contributed by atoms with Gasteiger partial charge in [0.2, 0.25) is 0 Å². The molecule has 98 valence electrons. The van der Waals surface area contributed by atoms with Crippen molar-refractivity contribution in [3.05, 3.63) is 29.3 Å². The highest BCUT2D eigenvalue weighted by molar-refractivity contribution is 5.88. The Morgan fingerprint density at radius 3 is 2.72 bits per heavy atom. The second-order valence-corrected chi connectivity index (χ2v) is 4.42. The SMILES string of the molecule is CCOc1cc(C(=O)O)cc(C2CCOCC2)c1. The summed E-state index contributed by atoms with van der Waals surface area (Å²) in [6, 6.07) is 5.28. The lowest BCUT2D eigenvalue weighted by Gasteiger charge is -2.23. The topological polar surface area (TPSA) is 55.8 Å². The third-order valence-electron chi connectivity index (χ3n) is 3.18. The van der Waals surface area contributed by atoms with Crippen LogP contribution < -0.4 is 4.74 Å². The van der Waals surface area contributed by atoms with Crippen molar-refractivity contribution < 1.29 is 19.4 Å². The molecule has 0 atom stereocenters. The van der Waals surface area contributed by atoms with Gasteiger partial charge in [-0.25, -0.2) is 4.79 Å². The second-order valence-electron chi connectivity index (χ2n) is 4.42. The quantitative estimate of drug-likeness (QED) is 0.892. The van der Waals surface area contributed by atoms with E-state index in [4.69, 9.17) is 14.6 Å². The first-order valence-electron chi connectivity index (χ1n) is 6.29. The largest absolute Gasteiger partial charge is 0.494 e. The third-order valence-corrected chi connectivity index (χ3v) is 3.18. The van der Waals surface area contributed by atoms with Crippen molar-refractivity contribution in [2.45, 2.75) is 25.7 Å². The molecule has 4 nitrogen and oxygen atoms in total. The first-order valence-corrected chi connectivity index (χ1v) is 6.29. The van der Waals surface area contributed by atoms with Crippen molar-refractivity contribution in [2.24, 2.45) is 0 Å². The molecule has 0 aromatic heterocycles. The molecule has 4 heteroatoms. The zero-order valence-corrected chi connectivity index (χ0v) is 10.5. The molecular weight excluding hydrogens is 232 g/mol. The van der Waals surface area contributed by atoms with E-state index in [1.54, 1.807) is 12.1 Å². The number of ether oxygens (including phenoxy) is 2. The Morgan fingerprint density at radius 2 is 2.11 bits per heavy atom. The third kappa shape index (κ3) is 3.01. The van der Waals surface area contributed by atoms with Gasteiger partial charge in [-0.3, -0.25) is 0 Å². The van der Waals surface area contributed by atoms with Crippen LogP contribution >= 0.6 is 0 Å². The van der Waals surface area contributed by atoms with Gasteiger partial charge in [0.1, 0.15) is 5.75 Å². The van der Waals surface area contributed by atoms with Gasteiger partial charge < -0.3 is 14.6 Å². The number of hydrogen-bond acceptors (Lipinski definition) is 3. The second kappa shape index (κ2) is 5.87. The first kappa shape index (κ1) is 12.9. The highest BCUT2D eigenvalue weighted by Crippen LogP contribution is 2.30. The first-order chi connectivity index (χ1) is 8.70. The Hall–Kier alpha value is -1.55. The van der Waals surface area contributed by atoms with Gasteiger partial charge in [0.15, 0.2) is 0 Å². The minimum atomic E-state index is -0.912. The van der Waals surface area contributed by atoms with Gasteiger partial charge in [0, 0.05) is 13.2 Å². The number of carboxylic acid groups (broad SMARTS) is 1. The number of rotatable bonds is 4. The van der Waals surface area contributed by atoms with Crippen LogP contribution in [0.25, 0.3) is 0 Å². The van der Waals surface area contributed by atoms with Gasteiger partial charge in [-0.05, 0) is 49.4 Å². The van der Waals surface area contributed by atoms with E-state index in [0.717, 1.165) is 31.6 Å². The van der Waals surface area contributed by atoms with E-state index >= 15 is 0 Å². The summed E-state index contributed by atoms with van der Waals surface area (Å²) in [5, 5.41) is 9.12. The van der Waals surface area contributed by atoms with Crippen LogP contribution in [-0.2, 0) is 4.74 Å². The molecule has 1 N–H and O–H groups in total. The summed E-state index contributed by atoms with van der Waals surface area (Å²) in [5.41, 5.74) is 1.34. The van der Waals surface area contributed by atoms with Crippen LogP contribution in [0.15, 0.2) is 18.2 Å². The van der Waals surface area contributed by atoms with E-state index in [2.05, 4.69) is 0 Å². The van der Waals surface area contributed by atoms with Crippen molar-refractivity contribution in [1.82, 2.24) is 0 Å². The highest BCUT2D eigenvalue weighted by atomic mass is 16.5. The van der Waals surface area contributed by atoms with Gasteiger partial charge in [0.05, 0.1) is 12.2 Å². The normalized spacial score (nSPS) is 16.5. The zero-order chi connectivity index (χ0) is 13.0. The van der Waals surface area contributed by atoms with Crippen LogP contribution in [0, 0.1) is 0 Å². The van der Waals surface area contributed by atoms with Crippen molar-refractivity contribution in [3.8, 4) is 5.75 Å². The smallest absolute Gasteiger partial charge is 0.335 e. The molecule has 18 heavy (non-hydrogen) atoms. The monoisotopic (exact) mass is 250 g/mol. The van der Waals surface area contributed by atoms with Crippen molar-refractivity contribution in [1.29, 1.82) is 0 Å². The fourth-order valence-corrected chi connectivity index (χ4v) is 2.26. The Kier molecular flexibility index (Phi) is 4.20. The molecule has 0 radical (unpaired) electrons. The van der Waals surface area contributed by atoms with E-state index in [-0.39, 0.29) is 0 Å². The fraction of sp³-hybridized carbons (Fsp3) is 0.500. The minimum Gasteiger partial charge on any atom is -0.494 e. The summed E-state index contributed by atoms with van der Waals surface area (Å²) in [6.07, 6.45) is 1.88. The van der Waals surface area contributed by atoms with Crippen LogP contribution in [0.5, 0.6) is 5.75 Å². The van der Waals surface area contributed by atoms with E-state index in [1.807, 2.05) is 13.0 Å². The van der Waals surface area contributed by atoms with E-state index in [9.17, 15) is 4.79 Å². The molecule has 1 heterocycles. The lowest BCUT2D eigenvalue weighted by molar-refractivity contribution is 0.0696. The number of aromatic carboxylic acids is 1. The predicted molar refractivity (Wildman–Crippen MR) is 67.4 cm³/mol. The van der Waals surface area contributed by atoms with Crippen LogP contribution in [0.1, 0.15) is 41.6 Å². The van der Waals surface area contributed by atoms with Gasteiger partial charge in [-0.2, -0.15) is 0 Å². The average Bonchev–Trinajstić information content (AvgIpc) is 2.40. The minimum absolute atomic E-state index is 0.294. The Balaban J connectivity index is 2.29. The summed E-state index contributed by atoms with van der Waals surface area (Å²) in [4.78, 5) is 11.1. The Bertz CT molecular complexity index is 422. The molecule has 1 aliphatic heterocycles. The summed E-state index contributed by atoms with van der Waals surface area (Å²) < 4.78 is 10.8. The summed E-state index contributed by atoms with van der Waals surface area (Å²) in [7, 11) is 0. The molecule has 0 amide bonds. The van der Waals surface area contributed by atoms with Crippen LogP contribution in [0.3, 0.4) is 0 Å². The fourth-order valence-electron chi connectivity index (χ4n) is 2.26. The Morgan fingerprint density at radius 1 is 1.39 bits per heavy atom. The molecule has 1 saturated heterocycles. The summed E-state index contributed by atoms with van der Waals surface area (Å²) in [6.45, 7) is 3.91. The molecule has 1 aromatic carbocycles. The van der Waals surface area contributed by atoms with Gasteiger partial charge in [-0.1, -0.05) is 0 Å². The molecular formula is C14H18O4. The van der Waals surface area contributed by atoms with E-state index < -0.39 is 5.97 Å². The van der Waals surface area contributed by atoms with E-state index in [0.29, 0.717) is 23.8 Å². The number of benzene rings is 1. The van der Waals surface area contributed by atoms with Crippen molar-refractivity contribution in [3.63, 3.8) is 0 Å². The molecule has 0 aliphatic carbocycles.